The summed E-state index contributed by atoms with van der Waals surface area (Å²) >= 11 is 0. The fraction of sp³-hybridized carbons (Fsp3) is 0. The predicted octanol–water partition coefficient (Wildman–Crippen LogP) is 13.2. The quantitative estimate of drug-likeness (QED) is 0.171. The molecule has 0 fully saturated rings. The lowest BCUT2D eigenvalue weighted by Crippen LogP contribution is -2.02. The zero-order valence-electron chi connectivity index (χ0n) is 35.7. The van der Waals surface area contributed by atoms with Crippen molar-refractivity contribution in [1.82, 2.24) is 19.5 Å². The monoisotopic (exact) mass is 722 g/mol. The average molecular weight is 723 g/mol. The molecule has 11 aromatic rings. The summed E-state index contributed by atoms with van der Waals surface area (Å²) in [7, 11) is 0. The minimum atomic E-state index is -0.372. The van der Waals surface area contributed by atoms with E-state index >= 15 is 0 Å². The van der Waals surface area contributed by atoms with Crippen molar-refractivity contribution in [2.45, 2.75) is 0 Å². The summed E-state index contributed by atoms with van der Waals surface area (Å²) < 4.78 is 62.3. The Kier molecular flexibility index (Phi) is 6.10. The summed E-state index contributed by atoms with van der Waals surface area (Å²) in [5.74, 6) is 1.30. The molecule has 0 N–H and O–H groups in total. The Morgan fingerprint density at radius 2 is 0.946 bits per heavy atom. The Hall–Kier alpha value is -7.63. The van der Waals surface area contributed by atoms with E-state index in [1.165, 1.54) is 6.07 Å². The van der Waals surface area contributed by atoms with Crippen LogP contribution < -0.4 is 0 Å². The summed E-state index contributed by atoms with van der Waals surface area (Å²) in [5.41, 5.74) is 7.59. The smallest absolute Gasteiger partial charge is 0.164 e. The number of hydrogen-bond donors (Lipinski definition) is 0. The van der Waals surface area contributed by atoms with Gasteiger partial charge in [-0.05, 0) is 47.5 Å². The Balaban J connectivity index is 1.21. The third-order valence-electron chi connectivity index (χ3n) is 10.2. The van der Waals surface area contributed by atoms with E-state index in [1.807, 2.05) is 127 Å². The van der Waals surface area contributed by atoms with Gasteiger partial charge >= 0.3 is 0 Å². The molecule has 0 radical (unpaired) electrons. The molecule has 8 aromatic carbocycles. The van der Waals surface area contributed by atoms with Gasteiger partial charge in [0.25, 0.3) is 0 Å². The zero-order valence-corrected chi connectivity index (χ0v) is 29.7. The van der Waals surface area contributed by atoms with Gasteiger partial charge in [0.15, 0.2) is 17.5 Å². The van der Waals surface area contributed by atoms with Crippen molar-refractivity contribution >= 4 is 43.7 Å². The van der Waals surface area contributed by atoms with Gasteiger partial charge in [-0.3, -0.25) is 0 Å². The second-order valence-electron chi connectivity index (χ2n) is 13.5. The summed E-state index contributed by atoms with van der Waals surface area (Å²) in [6.45, 7) is 0. The van der Waals surface area contributed by atoms with Gasteiger partial charge in [-0.15, -0.1) is 0 Å². The van der Waals surface area contributed by atoms with Gasteiger partial charge in [0, 0.05) is 49.4 Å². The maximum atomic E-state index is 9.53. The fourth-order valence-corrected chi connectivity index (χ4v) is 7.61. The standard InChI is InChI=1S/C51H32N4O/c1-3-14-33(15-4-1)34-26-28-36(29-27-34)50-52-49(35-16-5-2-6-17-35)53-51(54-50)37-30-31-46(55-44-23-10-7-18-38(44)39-19-8-11-24-45(39)55)43(32-37)42-22-13-21-41-40-20-9-12-25-47(40)56-48(41)42/h1-32H/i9D,13D,20D,21D,22D,25D. The SMILES string of the molecule is [2H]c1cc([2H])c2oc3c(-c4cc(-c5nc(-c6ccccc6)nc(-c6ccc(-c7ccccc7)cc6)n5)ccc4-n4c5ccccc5c5ccccc54)c([2H])c([2H])c([2H])c3c2c1[2H]. The molecule has 262 valence electrons. The number of furan rings is 1. The molecule has 0 saturated carbocycles. The van der Waals surface area contributed by atoms with Crippen LogP contribution in [-0.2, 0) is 0 Å². The first kappa shape index (κ1) is 26.2. The molecule has 56 heavy (non-hydrogen) atoms. The average Bonchev–Trinajstić information content (AvgIpc) is 3.88. The van der Waals surface area contributed by atoms with Gasteiger partial charge in [-0.1, -0.05) is 158 Å². The highest BCUT2D eigenvalue weighted by atomic mass is 16.3. The molecule has 0 atom stereocenters. The lowest BCUT2D eigenvalue weighted by atomic mass is 9.97. The number of para-hydroxylation sites is 4. The van der Waals surface area contributed by atoms with Crippen molar-refractivity contribution in [2.75, 3.05) is 0 Å². The summed E-state index contributed by atoms with van der Waals surface area (Å²) in [6.07, 6.45) is 0. The van der Waals surface area contributed by atoms with Gasteiger partial charge in [0.2, 0.25) is 0 Å². The Bertz CT molecular complexity index is 3540. The highest BCUT2D eigenvalue weighted by molar-refractivity contribution is 6.12. The van der Waals surface area contributed by atoms with Gasteiger partial charge < -0.3 is 8.98 Å². The predicted molar refractivity (Wildman–Crippen MR) is 229 cm³/mol. The maximum absolute atomic E-state index is 9.53. The van der Waals surface area contributed by atoms with Crippen molar-refractivity contribution in [3.8, 4) is 62.1 Å². The number of rotatable bonds is 6. The van der Waals surface area contributed by atoms with Crippen LogP contribution in [0.5, 0.6) is 0 Å². The highest BCUT2D eigenvalue weighted by Gasteiger charge is 2.21. The molecule has 0 spiro atoms. The van der Waals surface area contributed by atoms with Crippen molar-refractivity contribution in [2.24, 2.45) is 0 Å². The molecule has 11 rings (SSSR count). The summed E-state index contributed by atoms with van der Waals surface area (Å²) in [6, 6.07) is 49.6. The van der Waals surface area contributed by atoms with E-state index < -0.39 is 0 Å². The van der Waals surface area contributed by atoms with Crippen LogP contribution in [0, 0.1) is 0 Å². The number of nitrogens with zero attached hydrogens (tertiary/aromatic N) is 4. The molecule has 3 aromatic heterocycles. The van der Waals surface area contributed by atoms with E-state index in [0.717, 1.165) is 44.1 Å². The molecule has 0 unspecified atom stereocenters. The van der Waals surface area contributed by atoms with E-state index in [1.54, 1.807) is 0 Å². The van der Waals surface area contributed by atoms with Crippen LogP contribution in [0.3, 0.4) is 0 Å². The van der Waals surface area contributed by atoms with E-state index in [2.05, 4.69) is 28.8 Å². The first-order valence-corrected chi connectivity index (χ1v) is 18.3. The van der Waals surface area contributed by atoms with Gasteiger partial charge in [-0.2, -0.15) is 0 Å². The van der Waals surface area contributed by atoms with Gasteiger partial charge in [-0.25, -0.2) is 15.0 Å². The van der Waals surface area contributed by atoms with Crippen molar-refractivity contribution < 1.29 is 12.6 Å². The van der Waals surface area contributed by atoms with Crippen molar-refractivity contribution in [3.05, 3.63) is 194 Å². The van der Waals surface area contributed by atoms with E-state index in [-0.39, 0.29) is 63.8 Å². The van der Waals surface area contributed by atoms with E-state index in [0.29, 0.717) is 34.3 Å². The van der Waals surface area contributed by atoms with Crippen LogP contribution in [0.25, 0.3) is 106 Å². The number of hydrogen-bond acceptors (Lipinski definition) is 4. The highest BCUT2D eigenvalue weighted by Crippen LogP contribution is 2.42. The van der Waals surface area contributed by atoms with Crippen LogP contribution in [0.15, 0.2) is 198 Å². The lowest BCUT2D eigenvalue weighted by Gasteiger charge is -2.16. The van der Waals surface area contributed by atoms with Crippen LogP contribution in [0.1, 0.15) is 8.22 Å². The molecular weight excluding hydrogens is 685 g/mol. The molecule has 0 aliphatic heterocycles. The fourth-order valence-electron chi connectivity index (χ4n) is 7.61. The van der Waals surface area contributed by atoms with E-state index in [9.17, 15) is 1.37 Å². The number of fused-ring (bicyclic) bond motifs is 6. The van der Waals surface area contributed by atoms with Crippen molar-refractivity contribution in [1.29, 1.82) is 0 Å². The molecular formula is C51H32N4O. The normalized spacial score (nSPS) is 13.1. The first-order chi connectivity index (χ1) is 30.2. The zero-order chi connectivity index (χ0) is 42.2. The second-order valence-corrected chi connectivity index (χ2v) is 13.5. The van der Waals surface area contributed by atoms with Crippen molar-refractivity contribution in [3.63, 3.8) is 0 Å². The largest absolute Gasteiger partial charge is 0.455 e. The Morgan fingerprint density at radius 3 is 1.64 bits per heavy atom. The Morgan fingerprint density at radius 1 is 0.411 bits per heavy atom. The molecule has 0 aliphatic carbocycles. The van der Waals surface area contributed by atoms with Gasteiger partial charge in [0.05, 0.1) is 24.9 Å². The van der Waals surface area contributed by atoms with E-state index in [4.69, 9.17) is 26.2 Å². The topological polar surface area (TPSA) is 56.7 Å². The molecule has 0 amide bonds. The van der Waals surface area contributed by atoms with Crippen LogP contribution in [0.2, 0.25) is 0 Å². The third-order valence-corrected chi connectivity index (χ3v) is 10.2. The summed E-state index contributed by atoms with van der Waals surface area (Å²) in [5, 5.41) is 2.25. The first-order valence-electron chi connectivity index (χ1n) is 21.3. The molecule has 0 bridgehead atoms. The van der Waals surface area contributed by atoms with Gasteiger partial charge in [0.1, 0.15) is 11.2 Å². The summed E-state index contributed by atoms with van der Waals surface area (Å²) in [4.78, 5) is 15.1. The second kappa shape index (κ2) is 13.0. The van der Waals surface area contributed by atoms with Crippen LogP contribution in [-0.4, -0.2) is 19.5 Å². The minimum absolute atomic E-state index is 0.0169. The molecule has 5 heteroatoms. The third kappa shape index (κ3) is 5.29. The molecule has 3 heterocycles. The molecule has 5 nitrogen and oxygen atoms in total. The maximum Gasteiger partial charge on any atom is 0.164 e. The number of benzene rings is 8. The van der Waals surface area contributed by atoms with Crippen LogP contribution >= 0.6 is 0 Å². The molecule has 0 saturated heterocycles. The Labute approximate surface area is 331 Å². The van der Waals surface area contributed by atoms with Crippen LogP contribution in [0.4, 0.5) is 0 Å². The number of aromatic nitrogens is 4. The lowest BCUT2D eigenvalue weighted by molar-refractivity contribution is 0.670. The minimum Gasteiger partial charge on any atom is -0.455 e. The molecule has 0 aliphatic rings.